The first kappa shape index (κ1) is 15.0. The van der Waals surface area contributed by atoms with E-state index in [9.17, 15) is 0 Å². The van der Waals surface area contributed by atoms with Gasteiger partial charge in [-0.1, -0.05) is 13.8 Å². The topological polar surface area (TPSA) is 21.3 Å². The highest BCUT2D eigenvalue weighted by Gasteiger charge is 2.45. The molecule has 0 aromatic heterocycles. The summed E-state index contributed by atoms with van der Waals surface area (Å²) in [4.78, 5) is 0. The van der Waals surface area contributed by atoms with E-state index in [1.165, 1.54) is 25.7 Å². The molecule has 2 atom stereocenters. The maximum atomic E-state index is 6.15. The molecule has 0 amide bonds. The number of hydrogen-bond donors (Lipinski definition) is 1. The standard InChI is InChI=1S/C15H31NO/c1-7-13(16-8-2)10-9-12-11-14(3,4)17-15(12,5)6/h12-13,16H,7-11H2,1-6H3. The van der Waals surface area contributed by atoms with E-state index in [1.807, 2.05) is 0 Å². The molecule has 1 saturated heterocycles. The Morgan fingerprint density at radius 1 is 1.24 bits per heavy atom. The molecule has 2 nitrogen and oxygen atoms in total. The second kappa shape index (κ2) is 5.71. The van der Waals surface area contributed by atoms with E-state index in [4.69, 9.17) is 4.74 Å². The molecule has 1 heterocycles. The Morgan fingerprint density at radius 2 is 1.88 bits per heavy atom. The van der Waals surface area contributed by atoms with Crippen molar-refractivity contribution in [2.45, 2.75) is 84.5 Å². The molecular weight excluding hydrogens is 210 g/mol. The van der Waals surface area contributed by atoms with Crippen molar-refractivity contribution in [1.29, 1.82) is 0 Å². The molecule has 1 N–H and O–H groups in total. The van der Waals surface area contributed by atoms with E-state index in [0.29, 0.717) is 12.0 Å². The molecule has 0 radical (unpaired) electrons. The Balaban J connectivity index is 2.46. The largest absolute Gasteiger partial charge is 0.369 e. The summed E-state index contributed by atoms with van der Waals surface area (Å²) in [6.07, 6.45) is 4.98. The van der Waals surface area contributed by atoms with Gasteiger partial charge in [0.1, 0.15) is 0 Å². The van der Waals surface area contributed by atoms with Crippen LogP contribution in [0.1, 0.15) is 67.2 Å². The van der Waals surface area contributed by atoms with E-state index in [0.717, 1.165) is 6.54 Å². The zero-order valence-corrected chi connectivity index (χ0v) is 12.6. The third-order valence-corrected chi connectivity index (χ3v) is 4.11. The van der Waals surface area contributed by atoms with E-state index in [-0.39, 0.29) is 11.2 Å². The van der Waals surface area contributed by atoms with Crippen LogP contribution in [0.25, 0.3) is 0 Å². The number of nitrogens with one attached hydrogen (secondary N) is 1. The van der Waals surface area contributed by atoms with Crippen molar-refractivity contribution in [1.82, 2.24) is 5.32 Å². The molecule has 102 valence electrons. The molecule has 1 aliphatic heterocycles. The highest BCUT2D eigenvalue weighted by atomic mass is 16.5. The fourth-order valence-corrected chi connectivity index (χ4v) is 3.27. The average molecular weight is 241 g/mol. The van der Waals surface area contributed by atoms with Crippen molar-refractivity contribution < 1.29 is 4.74 Å². The number of hydrogen-bond acceptors (Lipinski definition) is 2. The molecule has 0 saturated carbocycles. The van der Waals surface area contributed by atoms with Crippen LogP contribution in [-0.4, -0.2) is 23.8 Å². The number of rotatable bonds is 6. The summed E-state index contributed by atoms with van der Waals surface area (Å²) in [6.45, 7) is 14.5. The van der Waals surface area contributed by atoms with Gasteiger partial charge in [-0.2, -0.15) is 0 Å². The van der Waals surface area contributed by atoms with Crippen molar-refractivity contribution in [3.8, 4) is 0 Å². The monoisotopic (exact) mass is 241 g/mol. The first-order chi connectivity index (χ1) is 7.80. The molecule has 0 aromatic rings. The normalized spacial score (nSPS) is 28.2. The third kappa shape index (κ3) is 4.26. The quantitative estimate of drug-likeness (QED) is 0.764. The molecule has 17 heavy (non-hydrogen) atoms. The van der Waals surface area contributed by atoms with Crippen molar-refractivity contribution in [3.63, 3.8) is 0 Å². The van der Waals surface area contributed by atoms with Crippen molar-refractivity contribution >= 4 is 0 Å². The SMILES string of the molecule is CCNC(CC)CCC1CC(C)(C)OC1(C)C. The molecule has 1 aliphatic rings. The van der Waals surface area contributed by atoms with Gasteiger partial charge in [-0.15, -0.1) is 0 Å². The lowest BCUT2D eigenvalue weighted by molar-refractivity contribution is -0.0754. The van der Waals surface area contributed by atoms with E-state index in [2.05, 4.69) is 46.9 Å². The van der Waals surface area contributed by atoms with Crippen LogP contribution in [0, 0.1) is 5.92 Å². The van der Waals surface area contributed by atoms with Gasteiger partial charge in [0.2, 0.25) is 0 Å². The maximum absolute atomic E-state index is 6.15. The van der Waals surface area contributed by atoms with Gasteiger partial charge in [-0.3, -0.25) is 0 Å². The second-order valence-electron chi connectivity index (χ2n) is 6.61. The average Bonchev–Trinajstić information content (AvgIpc) is 2.41. The van der Waals surface area contributed by atoms with Crippen LogP contribution in [0.15, 0.2) is 0 Å². The van der Waals surface area contributed by atoms with Gasteiger partial charge in [0.15, 0.2) is 0 Å². The van der Waals surface area contributed by atoms with E-state index >= 15 is 0 Å². The Kier molecular flexibility index (Phi) is 5.03. The second-order valence-corrected chi connectivity index (χ2v) is 6.61. The predicted molar refractivity (Wildman–Crippen MR) is 74.3 cm³/mol. The Morgan fingerprint density at radius 3 is 2.29 bits per heavy atom. The van der Waals surface area contributed by atoms with E-state index in [1.54, 1.807) is 0 Å². The van der Waals surface area contributed by atoms with Gasteiger partial charge in [-0.05, 0) is 65.8 Å². The van der Waals surface area contributed by atoms with Crippen LogP contribution < -0.4 is 5.32 Å². The Bertz CT molecular complexity index is 235. The lowest BCUT2D eigenvalue weighted by atomic mass is 9.83. The fourth-order valence-electron chi connectivity index (χ4n) is 3.27. The molecule has 0 spiro atoms. The highest BCUT2D eigenvalue weighted by Crippen LogP contribution is 2.44. The fraction of sp³-hybridized carbons (Fsp3) is 1.00. The van der Waals surface area contributed by atoms with Gasteiger partial charge >= 0.3 is 0 Å². The van der Waals surface area contributed by atoms with Gasteiger partial charge in [0.25, 0.3) is 0 Å². The first-order valence-electron chi connectivity index (χ1n) is 7.24. The molecule has 0 bridgehead atoms. The lowest BCUT2D eigenvalue weighted by Gasteiger charge is -2.28. The van der Waals surface area contributed by atoms with Crippen LogP contribution in [0.4, 0.5) is 0 Å². The summed E-state index contributed by atoms with van der Waals surface area (Å²) in [5.74, 6) is 0.699. The van der Waals surface area contributed by atoms with Crippen LogP contribution in [0.5, 0.6) is 0 Å². The van der Waals surface area contributed by atoms with Crippen LogP contribution >= 0.6 is 0 Å². The summed E-state index contributed by atoms with van der Waals surface area (Å²) < 4.78 is 6.15. The summed E-state index contributed by atoms with van der Waals surface area (Å²) in [7, 11) is 0. The summed E-state index contributed by atoms with van der Waals surface area (Å²) in [5, 5.41) is 3.56. The molecule has 1 fully saturated rings. The molecular formula is C15H31NO. The highest BCUT2D eigenvalue weighted by molar-refractivity contribution is 4.94. The van der Waals surface area contributed by atoms with Crippen molar-refractivity contribution in [3.05, 3.63) is 0 Å². The Labute approximate surface area is 108 Å². The minimum Gasteiger partial charge on any atom is -0.369 e. The summed E-state index contributed by atoms with van der Waals surface area (Å²) in [6, 6.07) is 0.680. The molecule has 0 aliphatic carbocycles. The van der Waals surface area contributed by atoms with Crippen LogP contribution in [-0.2, 0) is 4.74 Å². The third-order valence-electron chi connectivity index (χ3n) is 4.11. The van der Waals surface area contributed by atoms with Crippen molar-refractivity contribution in [2.75, 3.05) is 6.54 Å². The lowest BCUT2D eigenvalue weighted by Crippen LogP contribution is -2.32. The summed E-state index contributed by atoms with van der Waals surface area (Å²) in [5.41, 5.74) is 0.113. The zero-order valence-electron chi connectivity index (χ0n) is 12.6. The first-order valence-corrected chi connectivity index (χ1v) is 7.24. The Hall–Kier alpha value is -0.0800. The summed E-state index contributed by atoms with van der Waals surface area (Å²) >= 11 is 0. The van der Waals surface area contributed by atoms with Gasteiger partial charge < -0.3 is 10.1 Å². The van der Waals surface area contributed by atoms with Crippen molar-refractivity contribution in [2.24, 2.45) is 5.92 Å². The van der Waals surface area contributed by atoms with Gasteiger partial charge in [-0.25, -0.2) is 0 Å². The number of ether oxygens (including phenoxy) is 1. The van der Waals surface area contributed by atoms with Crippen LogP contribution in [0.2, 0.25) is 0 Å². The molecule has 2 unspecified atom stereocenters. The zero-order chi connectivity index (χ0) is 13.1. The molecule has 1 rings (SSSR count). The minimum absolute atomic E-state index is 0.0496. The minimum atomic E-state index is 0.0496. The molecule has 2 heteroatoms. The van der Waals surface area contributed by atoms with E-state index < -0.39 is 0 Å². The maximum Gasteiger partial charge on any atom is 0.0662 e. The van der Waals surface area contributed by atoms with Crippen LogP contribution in [0.3, 0.4) is 0 Å². The van der Waals surface area contributed by atoms with Gasteiger partial charge in [0, 0.05) is 6.04 Å². The predicted octanol–water partition coefficient (Wildman–Crippen LogP) is 3.75. The smallest absolute Gasteiger partial charge is 0.0662 e. The molecule has 0 aromatic carbocycles. The van der Waals surface area contributed by atoms with Gasteiger partial charge in [0.05, 0.1) is 11.2 Å².